The fourth-order valence-electron chi connectivity index (χ4n) is 7.92. The predicted octanol–water partition coefficient (Wildman–Crippen LogP) is 13.4. The van der Waals surface area contributed by atoms with Gasteiger partial charge in [0.15, 0.2) is 0 Å². The number of aromatic hydroxyl groups is 1. The molecule has 0 aliphatic heterocycles. The molecule has 0 spiro atoms. The van der Waals surface area contributed by atoms with E-state index in [0.29, 0.717) is 11.4 Å². The number of rotatable bonds is 6. The summed E-state index contributed by atoms with van der Waals surface area (Å²) in [6, 6.07) is 48.7. The fraction of sp³-hybridized carbons (Fsp3) is 0.231. The summed E-state index contributed by atoms with van der Waals surface area (Å²) in [4.78, 5) is 10.5. The average Bonchev–Trinajstić information content (AvgIpc) is 3.57. The Bertz CT molecular complexity index is 2750. The SMILES string of the molecule is Cc1cc(-c2cc(C(C)(C)C)cc3cccnc23)[c-]c(-c2cc(-c3ccccc3)cc3c2nc(-c2cc(C(C)(C)C)ccc2O)n3C(C)(C)c2ccccc2)c1.[Pt]. The van der Waals surface area contributed by atoms with Gasteiger partial charge in [-0.15, -0.1) is 34.9 Å². The first-order chi connectivity index (χ1) is 26.6. The Morgan fingerprint density at radius 1 is 0.561 bits per heavy atom. The number of hydrogen-bond donors (Lipinski definition) is 1. The first-order valence-corrected chi connectivity index (χ1v) is 19.6. The number of aryl methyl sites for hydroxylation is 1. The van der Waals surface area contributed by atoms with E-state index in [1.165, 1.54) is 5.56 Å². The first kappa shape index (κ1) is 39.9. The Morgan fingerprint density at radius 3 is 1.82 bits per heavy atom. The number of pyridine rings is 1. The van der Waals surface area contributed by atoms with Crippen molar-refractivity contribution < 1.29 is 26.2 Å². The van der Waals surface area contributed by atoms with Crippen LogP contribution in [0.5, 0.6) is 5.75 Å². The molecule has 2 heterocycles. The summed E-state index contributed by atoms with van der Waals surface area (Å²) in [7, 11) is 0. The van der Waals surface area contributed by atoms with E-state index >= 15 is 0 Å². The third-order valence-electron chi connectivity index (χ3n) is 11.2. The molecule has 8 rings (SSSR count). The van der Waals surface area contributed by atoms with E-state index in [4.69, 9.17) is 9.97 Å². The first-order valence-electron chi connectivity index (χ1n) is 19.6. The topological polar surface area (TPSA) is 50.9 Å². The van der Waals surface area contributed by atoms with Gasteiger partial charge in [-0.2, -0.15) is 0 Å². The van der Waals surface area contributed by atoms with Gasteiger partial charge in [-0.3, -0.25) is 4.98 Å². The monoisotopic (exact) mass is 927 g/mol. The van der Waals surface area contributed by atoms with Crippen LogP contribution in [0.15, 0.2) is 134 Å². The predicted molar refractivity (Wildman–Crippen MR) is 234 cm³/mol. The number of phenols is 1. The van der Waals surface area contributed by atoms with Crippen LogP contribution in [0.4, 0.5) is 0 Å². The van der Waals surface area contributed by atoms with Crippen molar-refractivity contribution in [2.75, 3.05) is 0 Å². The largest absolute Gasteiger partial charge is 0.507 e. The van der Waals surface area contributed by atoms with Crippen molar-refractivity contribution >= 4 is 21.9 Å². The molecule has 5 heteroatoms. The van der Waals surface area contributed by atoms with Crippen LogP contribution in [0.1, 0.15) is 77.6 Å². The molecule has 0 fully saturated rings. The van der Waals surface area contributed by atoms with Crippen LogP contribution in [0.2, 0.25) is 0 Å². The molecule has 0 amide bonds. The van der Waals surface area contributed by atoms with Crippen LogP contribution in [0.25, 0.3) is 66.7 Å². The Morgan fingerprint density at radius 2 is 1.18 bits per heavy atom. The van der Waals surface area contributed by atoms with Crippen molar-refractivity contribution in [1.29, 1.82) is 0 Å². The molecular weight excluding hydrogens is 878 g/mol. The zero-order chi connectivity index (χ0) is 39.6. The van der Waals surface area contributed by atoms with E-state index in [-0.39, 0.29) is 37.6 Å². The number of imidazole rings is 1. The number of hydrogen-bond acceptors (Lipinski definition) is 3. The van der Waals surface area contributed by atoms with Crippen molar-refractivity contribution in [1.82, 2.24) is 14.5 Å². The van der Waals surface area contributed by atoms with E-state index in [9.17, 15) is 5.11 Å². The molecule has 0 saturated heterocycles. The quantitative estimate of drug-likeness (QED) is 0.169. The molecule has 0 saturated carbocycles. The van der Waals surface area contributed by atoms with Gasteiger partial charge < -0.3 is 9.67 Å². The minimum atomic E-state index is -0.554. The molecule has 0 aliphatic carbocycles. The second-order valence-corrected chi connectivity index (χ2v) is 17.8. The van der Waals surface area contributed by atoms with Crippen molar-refractivity contribution in [2.45, 2.75) is 78.7 Å². The minimum Gasteiger partial charge on any atom is -0.507 e. The number of phenolic OH excluding ortho intramolecular Hbond substituents is 1. The zero-order valence-corrected chi connectivity index (χ0v) is 36.6. The maximum Gasteiger partial charge on any atom is 0.144 e. The van der Waals surface area contributed by atoms with Gasteiger partial charge in [0.2, 0.25) is 0 Å². The summed E-state index contributed by atoms with van der Waals surface area (Å²) in [5.74, 6) is 0.913. The van der Waals surface area contributed by atoms with Gasteiger partial charge in [-0.1, -0.05) is 151 Å². The summed E-state index contributed by atoms with van der Waals surface area (Å²) in [5, 5.41) is 12.8. The molecular formula is C52H50N3OPt-. The molecule has 0 aliphatic rings. The molecule has 57 heavy (non-hydrogen) atoms. The summed E-state index contributed by atoms with van der Waals surface area (Å²) in [6.07, 6.45) is 1.87. The summed E-state index contributed by atoms with van der Waals surface area (Å²) in [6.45, 7) is 20.0. The molecule has 0 bridgehead atoms. The Balaban J connectivity index is 0.00000496. The molecule has 1 N–H and O–H groups in total. The summed E-state index contributed by atoms with van der Waals surface area (Å²) in [5.41, 5.74) is 13.6. The normalized spacial score (nSPS) is 12.2. The van der Waals surface area contributed by atoms with Crippen molar-refractivity contribution in [3.8, 4) is 50.5 Å². The van der Waals surface area contributed by atoms with Crippen molar-refractivity contribution in [2.24, 2.45) is 0 Å². The maximum atomic E-state index is 11.7. The van der Waals surface area contributed by atoms with Crippen LogP contribution in [-0.2, 0) is 37.4 Å². The van der Waals surface area contributed by atoms with Crippen LogP contribution in [-0.4, -0.2) is 19.6 Å². The van der Waals surface area contributed by atoms with Gasteiger partial charge in [0.1, 0.15) is 11.6 Å². The van der Waals surface area contributed by atoms with Gasteiger partial charge in [-0.25, -0.2) is 4.98 Å². The van der Waals surface area contributed by atoms with Gasteiger partial charge in [0.05, 0.1) is 22.1 Å². The third kappa shape index (κ3) is 7.49. The summed E-state index contributed by atoms with van der Waals surface area (Å²) >= 11 is 0. The van der Waals surface area contributed by atoms with Crippen LogP contribution < -0.4 is 0 Å². The Kier molecular flexibility index (Phi) is 10.4. The van der Waals surface area contributed by atoms with E-state index in [0.717, 1.165) is 72.0 Å². The number of aromatic nitrogens is 3. The molecule has 290 valence electrons. The number of fused-ring (bicyclic) bond motifs is 2. The minimum absolute atomic E-state index is 0. The van der Waals surface area contributed by atoms with E-state index in [1.54, 1.807) is 0 Å². The smallest absolute Gasteiger partial charge is 0.144 e. The molecule has 0 unspecified atom stereocenters. The fourth-order valence-corrected chi connectivity index (χ4v) is 7.92. The van der Waals surface area contributed by atoms with Gasteiger partial charge >= 0.3 is 0 Å². The molecule has 0 atom stereocenters. The average molecular weight is 928 g/mol. The Hall–Kier alpha value is -5.31. The van der Waals surface area contributed by atoms with Gasteiger partial charge in [0, 0.05) is 32.8 Å². The molecule has 8 aromatic rings. The van der Waals surface area contributed by atoms with Crippen LogP contribution in [0.3, 0.4) is 0 Å². The van der Waals surface area contributed by atoms with E-state index in [1.807, 2.05) is 24.4 Å². The summed E-state index contributed by atoms with van der Waals surface area (Å²) < 4.78 is 2.33. The maximum absolute atomic E-state index is 11.7. The molecule has 0 radical (unpaired) electrons. The third-order valence-corrected chi connectivity index (χ3v) is 11.2. The zero-order valence-electron chi connectivity index (χ0n) is 34.3. The molecule has 4 nitrogen and oxygen atoms in total. The van der Waals surface area contributed by atoms with Gasteiger partial charge in [0.25, 0.3) is 0 Å². The van der Waals surface area contributed by atoms with E-state index in [2.05, 4.69) is 182 Å². The molecule has 6 aromatic carbocycles. The van der Waals surface area contributed by atoms with Crippen LogP contribution in [0, 0.1) is 13.0 Å². The molecule has 2 aromatic heterocycles. The standard InChI is InChI=1S/C52H50N3O.Pt/c1-33-25-37(27-38(26-33)43-32-41(51(5,6)7)28-35-19-16-24-53-47(35)43)42-29-36(34-17-12-10-13-18-34)30-45-48(42)54-49(44-31-40(50(2,3)4)22-23-46(44)56)55(45)52(8,9)39-20-14-11-15-21-39;/h10-26,28-32,56H,1-9H3;/q-1;. The van der Waals surface area contributed by atoms with Crippen LogP contribution >= 0.6 is 0 Å². The number of benzene rings is 6. The van der Waals surface area contributed by atoms with E-state index < -0.39 is 5.54 Å². The van der Waals surface area contributed by atoms with Crippen molar-refractivity contribution in [3.63, 3.8) is 0 Å². The van der Waals surface area contributed by atoms with Gasteiger partial charge in [-0.05, 0) is 82.1 Å². The second kappa shape index (κ2) is 14.9. The number of nitrogens with zero attached hydrogens (tertiary/aromatic N) is 3. The second-order valence-electron chi connectivity index (χ2n) is 17.8. The Labute approximate surface area is 352 Å². The van der Waals surface area contributed by atoms with Crippen molar-refractivity contribution in [3.05, 3.63) is 162 Å².